The highest BCUT2D eigenvalue weighted by atomic mass is 16.5. The highest BCUT2D eigenvalue weighted by molar-refractivity contribution is 5.90. The van der Waals surface area contributed by atoms with E-state index in [1.807, 2.05) is 13.0 Å². The van der Waals surface area contributed by atoms with Crippen LogP contribution in [0.3, 0.4) is 0 Å². The third kappa shape index (κ3) is 14.7. The highest BCUT2D eigenvalue weighted by Gasteiger charge is 2.36. The lowest BCUT2D eigenvalue weighted by molar-refractivity contribution is -0.139. The average molecular weight is 639 g/mol. The Labute approximate surface area is 273 Å². The number of unbranched alkanes of at least 4 members (excludes halogenated alkanes) is 9. The first kappa shape index (κ1) is 38.4. The lowest BCUT2D eigenvalue weighted by Crippen LogP contribution is -2.33. The molecule has 0 bridgehead atoms. The van der Waals surface area contributed by atoms with Crippen molar-refractivity contribution in [3.8, 4) is 0 Å². The maximum atomic E-state index is 11.6. The van der Waals surface area contributed by atoms with E-state index in [1.165, 1.54) is 25.7 Å². The van der Waals surface area contributed by atoms with Gasteiger partial charge in [0.25, 0.3) is 0 Å². The summed E-state index contributed by atoms with van der Waals surface area (Å²) < 4.78 is 17.3. The lowest BCUT2D eigenvalue weighted by atomic mass is 9.98. The van der Waals surface area contributed by atoms with Gasteiger partial charge in [-0.25, -0.2) is 4.79 Å². The minimum absolute atomic E-state index is 0.0657. The van der Waals surface area contributed by atoms with Crippen LogP contribution in [-0.2, 0) is 19.0 Å². The monoisotopic (exact) mass is 638 g/mol. The van der Waals surface area contributed by atoms with E-state index >= 15 is 0 Å². The summed E-state index contributed by atoms with van der Waals surface area (Å²) in [4.78, 5) is 11.6. The van der Waals surface area contributed by atoms with Crippen molar-refractivity contribution in [3.63, 3.8) is 0 Å². The lowest BCUT2D eigenvalue weighted by Gasteiger charge is -2.24. The van der Waals surface area contributed by atoms with Gasteiger partial charge in [-0.2, -0.15) is 0 Å². The molecule has 0 aromatic heterocycles. The van der Waals surface area contributed by atoms with Gasteiger partial charge in [-0.1, -0.05) is 77.6 Å². The van der Waals surface area contributed by atoms with Gasteiger partial charge in [0.05, 0.1) is 48.8 Å². The van der Waals surface area contributed by atoms with Gasteiger partial charge in [0.15, 0.2) is 0 Å². The fraction of sp³-hybridized carbons (Fsp3) is 0.919. The molecule has 0 radical (unpaired) electrons. The van der Waals surface area contributed by atoms with Gasteiger partial charge in [-0.3, -0.25) is 0 Å². The number of hydrogen-bond acceptors (Lipinski definition) is 8. The fourth-order valence-electron chi connectivity index (χ4n) is 7.28. The molecule has 1 unspecified atom stereocenters. The zero-order chi connectivity index (χ0) is 32.4. The summed E-state index contributed by atoms with van der Waals surface area (Å²) in [6, 6.07) is 0. The van der Waals surface area contributed by atoms with Crippen molar-refractivity contribution in [1.29, 1.82) is 0 Å². The molecular formula is C37H66O8. The molecule has 8 heteroatoms. The maximum absolute atomic E-state index is 11.6. The van der Waals surface area contributed by atoms with Crippen molar-refractivity contribution < 1.29 is 39.4 Å². The molecule has 8 nitrogen and oxygen atoms in total. The van der Waals surface area contributed by atoms with Crippen LogP contribution in [-0.4, -0.2) is 81.3 Å². The summed E-state index contributed by atoms with van der Waals surface area (Å²) in [7, 11) is 0. The molecular weight excluding hydrogens is 572 g/mol. The van der Waals surface area contributed by atoms with E-state index in [0.29, 0.717) is 12.8 Å². The number of aliphatic hydroxyl groups is 4. The van der Waals surface area contributed by atoms with Gasteiger partial charge in [0.1, 0.15) is 6.10 Å². The standard InChI is InChI=1S/C37H66O8/c1-3-4-10-19-31(39)35-24-25-36(45-35)33(41)22-21-32(40)34-23-20-30(44-34)18-14-13-17-29(38)16-12-9-7-5-6-8-11-15-28-26-27(2)43-37(28)42/h26-27,29-36,38-41H,3-25H2,1-2H3/t27-,29?,30+,31+,32-,33-,34-,35-,36-/m0/s1. The number of carbonyl (C=O) groups excluding carboxylic acids is 1. The molecule has 2 fully saturated rings. The molecule has 0 saturated carbocycles. The smallest absolute Gasteiger partial charge is 0.334 e. The molecule has 0 amide bonds. The Hall–Kier alpha value is -1.03. The first-order chi connectivity index (χ1) is 21.8. The predicted molar refractivity (Wildman–Crippen MR) is 177 cm³/mol. The molecule has 3 aliphatic heterocycles. The number of hydrogen-bond donors (Lipinski definition) is 4. The minimum atomic E-state index is -0.625. The van der Waals surface area contributed by atoms with Gasteiger partial charge in [-0.15, -0.1) is 0 Å². The van der Waals surface area contributed by atoms with Crippen molar-refractivity contribution in [3.05, 3.63) is 11.6 Å². The van der Waals surface area contributed by atoms with E-state index in [-0.39, 0.29) is 42.6 Å². The molecule has 3 rings (SSSR count). The summed E-state index contributed by atoms with van der Waals surface area (Å²) in [5.41, 5.74) is 0.845. The molecule has 4 N–H and O–H groups in total. The summed E-state index contributed by atoms with van der Waals surface area (Å²) in [6.07, 6.45) is 21.5. The minimum Gasteiger partial charge on any atom is -0.455 e. The van der Waals surface area contributed by atoms with E-state index in [9.17, 15) is 25.2 Å². The number of aliphatic hydroxyl groups excluding tert-OH is 4. The van der Waals surface area contributed by atoms with Crippen molar-refractivity contribution in [2.45, 2.75) is 216 Å². The average Bonchev–Trinajstić information content (AvgIpc) is 3.77. The van der Waals surface area contributed by atoms with Crippen LogP contribution >= 0.6 is 0 Å². The quantitative estimate of drug-likeness (QED) is 0.0634. The molecule has 9 atom stereocenters. The first-order valence-electron chi connectivity index (χ1n) is 18.7. The number of esters is 1. The summed E-state index contributed by atoms with van der Waals surface area (Å²) >= 11 is 0. The first-order valence-corrected chi connectivity index (χ1v) is 18.7. The van der Waals surface area contributed by atoms with Crippen LogP contribution in [0, 0.1) is 0 Å². The molecule has 3 heterocycles. The van der Waals surface area contributed by atoms with Crippen molar-refractivity contribution in [2.75, 3.05) is 0 Å². The van der Waals surface area contributed by atoms with Crippen LogP contribution in [0.5, 0.6) is 0 Å². The molecule has 0 aromatic rings. The highest BCUT2D eigenvalue weighted by Crippen LogP contribution is 2.31. The SMILES string of the molecule is CCCCC[C@@H](O)[C@@H]1CC[C@@H]([C@@H](O)CC[C@H](O)[C@@H]2CC[C@@H](CCCCC(O)CCCCCCCCCC3=C[C@H](C)OC3=O)O2)O1. The molecule has 45 heavy (non-hydrogen) atoms. The molecule has 2 saturated heterocycles. The van der Waals surface area contributed by atoms with Crippen molar-refractivity contribution in [2.24, 2.45) is 0 Å². The zero-order valence-electron chi connectivity index (χ0n) is 28.5. The maximum Gasteiger partial charge on any atom is 0.334 e. The van der Waals surface area contributed by atoms with Gasteiger partial charge < -0.3 is 34.6 Å². The number of carbonyl (C=O) groups is 1. The van der Waals surface area contributed by atoms with Crippen molar-refractivity contribution in [1.82, 2.24) is 0 Å². The number of rotatable bonds is 25. The van der Waals surface area contributed by atoms with E-state index < -0.39 is 18.3 Å². The fourth-order valence-corrected chi connectivity index (χ4v) is 7.28. The molecule has 3 aliphatic rings. The Balaban J connectivity index is 1.12. The molecule has 0 spiro atoms. The van der Waals surface area contributed by atoms with Gasteiger partial charge in [0.2, 0.25) is 0 Å². The van der Waals surface area contributed by atoms with Crippen LogP contribution in [0.1, 0.15) is 162 Å². The Morgan fingerprint density at radius 1 is 0.667 bits per heavy atom. The Morgan fingerprint density at radius 2 is 1.20 bits per heavy atom. The Kier molecular flexibility index (Phi) is 18.6. The topological polar surface area (TPSA) is 126 Å². The van der Waals surface area contributed by atoms with Gasteiger partial charge >= 0.3 is 5.97 Å². The summed E-state index contributed by atoms with van der Waals surface area (Å²) in [6.45, 7) is 4.05. The van der Waals surface area contributed by atoms with E-state index in [1.54, 1.807) is 0 Å². The zero-order valence-corrected chi connectivity index (χ0v) is 28.5. The van der Waals surface area contributed by atoms with Gasteiger partial charge in [0, 0.05) is 5.57 Å². The second kappa shape index (κ2) is 21.8. The van der Waals surface area contributed by atoms with Crippen LogP contribution in [0.25, 0.3) is 0 Å². The van der Waals surface area contributed by atoms with Crippen LogP contribution < -0.4 is 0 Å². The molecule has 0 aliphatic carbocycles. The van der Waals surface area contributed by atoms with Crippen LogP contribution in [0.15, 0.2) is 11.6 Å². The van der Waals surface area contributed by atoms with Gasteiger partial charge in [-0.05, 0) is 90.0 Å². The van der Waals surface area contributed by atoms with E-state index in [4.69, 9.17) is 14.2 Å². The van der Waals surface area contributed by atoms with E-state index in [0.717, 1.165) is 115 Å². The summed E-state index contributed by atoms with van der Waals surface area (Å²) in [5, 5.41) is 42.2. The van der Waals surface area contributed by atoms with Crippen LogP contribution in [0.2, 0.25) is 0 Å². The number of ether oxygens (including phenoxy) is 3. The normalized spacial score (nSPS) is 27.8. The van der Waals surface area contributed by atoms with Crippen LogP contribution in [0.4, 0.5) is 0 Å². The Bertz CT molecular complexity index is 833. The van der Waals surface area contributed by atoms with Crippen molar-refractivity contribution >= 4 is 5.97 Å². The largest absolute Gasteiger partial charge is 0.455 e. The third-order valence-corrected chi connectivity index (χ3v) is 10.2. The summed E-state index contributed by atoms with van der Waals surface area (Å²) in [5.74, 6) is -0.138. The number of cyclic esters (lactones) is 1. The van der Waals surface area contributed by atoms with E-state index in [2.05, 4.69) is 6.92 Å². The Morgan fingerprint density at radius 3 is 1.82 bits per heavy atom. The molecule has 262 valence electrons. The third-order valence-electron chi connectivity index (χ3n) is 10.2. The molecule has 0 aromatic carbocycles. The second-order valence-electron chi connectivity index (χ2n) is 14.2. The predicted octanol–water partition coefficient (Wildman–Crippen LogP) is 6.83. The second-order valence-corrected chi connectivity index (χ2v) is 14.2.